The lowest BCUT2D eigenvalue weighted by Crippen LogP contribution is -2.22. The van der Waals surface area contributed by atoms with Crippen LogP contribution in [0.1, 0.15) is 136 Å². The summed E-state index contributed by atoms with van der Waals surface area (Å²) in [6.07, 6.45) is 20.3. The molecule has 0 unspecified atom stereocenters. The molecule has 0 bridgehead atoms. The van der Waals surface area contributed by atoms with Gasteiger partial charge in [0, 0.05) is 23.3 Å². The normalized spacial score (nSPS) is 12.8. The molecule has 1 aromatic rings. The van der Waals surface area contributed by atoms with Crippen LogP contribution in [0.15, 0.2) is 23.1 Å². The van der Waals surface area contributed by atoms with E-state index in [-0.39, 0.29) is 0 Å². The summed E-state index contributed by atoms with van der Waals surface area (Å²) in [5, 5.41) is 0. The topological polar surface area (TPSA) is 43.4 Å². The number of benzene rings is 1. The summed E-state index contributed by atoms with van der Waals surface area (Å²) in [5.74, 6) is 0.356. The molecule has 0 aromatic heterocycles. The van der Waals surface area contributed by atoms with Crippen molar-refractivity contribution < 1.29 is 20.8 Å². The van der Waals surface area contributed by atoms with Gasteiger partial charge in [-0.1, -0.05) is 117 Å². The monoisotopic (exact) mass is 564 g/mol. The van der Waals surface area contributed by atoms with Gasteiger partial charge in [0.05, 0.1) is 0 Å². The molecule has 0 atom stereocenters. The van der Waals surface area contributed by atoms with Gasteiger partial charge in [0.15, 0.2) is 0 Å². The zero-order chi connectivity index (χ0) is 27.4. The van der Waals surface area contributed by atoms with Crippen molar-refractivity contribution in [2.45, 2.75) is 141 Å². The van der Waals surface area contributed by atoms with Gasteiger partial charge >= 0.3 is 10.1 Å². The van der Waals surface area contributed by atoms with E-state index >= 15 is 0 Å². The summed E-state index contributed by atoms with van der Waals surface area (Å²) in [5.41, 5.74) is 0. The van der Waals surface area contributed by atoms with Gasteiger partial charge in [-0.25, -0.2) is 12.4 Å². The van der Waals surface area contributed by atoms with Gasteiger partial charge in [0.25, 0.3) is 0 Å². The zero-order valence-electron chi connectivity index (χ0n) is 23.9. The molecule has 0 saturated heterocycles. The average molecular weight is 565 g/mol. The fourth-order valence-electron chi connectivity index (χ4n) is 4.75. The molecule has 0 amide bonds. The van der Waals surface area contributed by atoms with E-state index in [1.165, 1.54) is 57.8 Å². The van der Waals surface area contributed by atoms with Crippen molar-refractivity contribution in [3.8, 4) is 0 Å². The van der Waals surface area contributed by atoms with Crippen LogP contribution >= 0.6 is 10.3 Å². The first-order chi connectivity index (χ1) is 17.8. The summed E-state index contributed by atoms with van der Waals surface area (Å²) in [4.78, 5) is -0.542. The highest BCUT2D eigenvalue weighted by molar-refractivity contribution is 8.33. The molecule has 0 aliphatic carbocycles. The number of rotatable bonds is 24. The van der Waals surface area contributed by atoms with Gasteiger partial charge < -0.3 is 0 Å². The van der Waals surface area contributed by atoms with E-state index in [9.17, 15) is 17.2 Å². The number of halogens is 2. The highest BCUT2D eigenvalue weighted by Crippen LogP contribution is 2.54. The lowest BCUT2D eigenvalue weighted by atomic mass is 10.1. The van der Waals surface area contributed by atoms with Crippen molar-refractivity contribution in [1.29, 1.82) is 0 Å². The molecule has 0 radical (unpaired) electrons. The maximum absolute atomic E-state index is 14.5. The van der Waals surface area contributed by atoms with Crippen molar-refractivity contribution in [3.63, 3.8) is 0 Å². The van der Waals surface area contributed by atoms with Gasteiger partial charge in [0.2, 0.25) is 0 Å². The zero-order valence-corrected chi connectivity index (χ0v) is 25.5. The van der Waals surface area contributed by atoms with Crippen LogP contribution in [0.2, 0.25) is 0 Å². The minimum absolute atomic E-state index is 0.542. The molecular weight excluding hydrogens is 510 g/mol. The average Bonchev–Trinajstić information content (AvgIpc) is 2.85. The molecular formula is C30H54F2O3S2. The van der Waals surface area contributed by atoms with Crippen molar-refractivity contribution in [2.75, 3.05) is 17.3 Å². The van der Waals surface area contributed by atoms with E-state index < -0.39 is 37.0 Å². The molecule has 0 N–H and O–H groups in total. The summed E-state index contributed by atoms with van der Waals surface area (Å²) in [6, 6.07) is 2.62. The molecule has 1 aromatic carbocycles. The van der Waals surface area contributed by atoms with Gasteiger partial charge in [0.1, 0.15) is 16.5 Å². The van der Waals surface area contributed by atoms with Gasteiger partial charge in [-0.05, 0) is 31.4 Å². The summed E-state index contributed by atoms with van der Waals surface area (Å²) >= 11 is 0. The lowest BCUT2D eigenvalue weighted by molar-refractivity contribution is 0.490. The fraction of sp³-hybridized carbons (Fsp3) is 0.800. The van der Waals surface area contributed by atoms with E-state index in [4.69, 9.17) is 3.63 Å². The van der Waals surface area contributed by atoms with Gasteiger partial charge in [-0.2, -0.15) is 8.42 Å². The van der Waals surface area contributed by atoms with Gasteiger partial charge in [-0.3, -0.25) is 0 Å². The van der Waals surface area contributed by atoms with Crippen LogP contribution in [0, 0.1) is 11.6 Å². The second kappa shape index (κ2) is 20.3. The Labute approximate surface area is 229 Å². The first kappa shape index (κ1) is 34.4. The third-order valence-corrected chi connectivity index (χ3v) is 12.8. The summed E-state index contributed by atoms with van der Waals surface area (Å²) in [6.45, 7) is 6.59. The molecule has 0 saturated carbocycles. The highest BCUT2D eigenvalue weighted by Gasteiger charge is 2.33. The molecule has 7 heteroatoms. The van der Waals surface area contributed by atoms with Crippen molar-refractivity contribution in [2.24, 2.45) is 0 Å². The number of hydrogen-bond acceptors (Lipinski definition) is 3. The predicted molar refractivity (Wildman–Crippen MR) is 157 cm³/mol. The SMILES string of the molecule is CCCCCCCCS(CCCCCCCC)(CCCCCCCC)OS(=O)(=O)c1ccc(F)cc1F. The van der Waals surface area contributed by atoms with E-state index in [1.807, 2.05) is 0 Å². The Bertz CT molecular complexity index is 774. The molecule has 0 spiro atoms. The summed E-state index contributed by atoms with van der Waals surface area (Å²) < 4.78 is 60.8. The summed E-state index contributed by atoms with van der Waals surface area (Å²) in [7, 11) is -6.28. The first-order valence-electron chi connectivity index (χ1n) is 15.0. The number of hydrogen-bond donors (Lipinski definition) is 0. The Hall–Kier alpha value is -0.660. The van der Waals surface area contributed by atoms with Crippen LogP contribution in [0.3, 0.4) is 0 Å². The lowest BCUT2D eigenvalue weighted by Gasteiger charge is -2.39. The highest BCUT2D eigenvalue weighted by atomic mass is 32.3. The molecule has 3 nitrogen and oxygen atoms in total. The Morgan fingerprint density at radius 2 is 0.973 bits per heavy atom. The predicted octanol–water partition coefficient (Wildman–Crippen LogP) is 10.5. The molecule has 0 aliphatic rings. The minimum atomic E-state index is -4.32. The molecule has 37 heavy (non-hydrogen) atoms. The van der Waals surface area contributed by atoms with Gasteiger partial charge in [-0.15, -0.1) is 10.3 Å². The molecule has 218 valence electrons. The van der Waals surface area contributed by atoms with Crippen molar-refractivity contribution in [1.82, 2.24) is 0 Å². The Kier molecular flexibility index (Phi) is 18.8. The van der Waals surface area contributed by atoms with Crippen LogP contribution in [-0.4, -0.2) is 25.7 Å². The third kappa shape index (κ3) is 14.9. The van der Waals surface area contributed by atoms with E-state index in [0.717, 1.165) is 87.2 Å². The second-order valence-electron chi connectivity index (χ2n) is 10.5. The van der Waals surface area contributed by atoms with Crippen LogP contribution in [0.25, 0.3) is 0 Å². The van der Waals surface area contributed by atoms with E-state index in [2.05, 4.69) is 20.8 Å². The quantitative estimate of drug-likeness (QED) is 0.117. The van der Waals surface area contributed by atoms with Crippen LogP contribution in [0.4, 0.5) is 8.78 Å². The van der Waals surface area contributed by atoms with Crippen LogP contribution < -0.4 is 0 Å². The largest absolute Gasteiger partial charge is 0.309 e. The maximum atomic E-state index is 14.5. The molecule has 0 aliphatic heterocycles. The van der Waals surface area contributed by atoms with Crippen LogP contribution in [-0.2, 0) is 13.7 Å². The molecule has 0 heterocycles. The van der Waals surface area contributed by atoms with Crippen molar-refractivity contribution in [3.05, 3.63) is 29.8 Å². The number of unbranched alkanes of at least 4 members (excludes halogenated alkanes) is 15. The standard InChI is InChI=1S/C30H54F2O3S2/c1-4-7-10-13-16-19-24-36(25-20-17-14-11-8-5-2,26-21-18-15-12-9-6-3)35-37(33,34)30-23-22-28(31)27-29(30)32/h22-23,27H,4-21,24-26H2,1-3H3. The second-order valence-corrected chi connectivity index (χ2v) is 15.5. The fourth-order valence-corrected chi connectivity index (χ4v) is 10.7. The smallest absolute Gasteiger partial charge is 0.216 e. The Morgan fingerprint density at radius 3 is 1.35 bits per heavy atom. The molecule has 1 rings (SSSR count). The molecule has 0 fully saturated rings. The van der Waals surface area contributed by atoms with E-state index in [1.54, 1.807) is 0 Å². The van der Waals surface area contributed by atoms with Crippen LogP contribution in [0.5, 0.6) is 0 Å². The third-order valence-electron chi connectivity index (χ3n) is 7.01. The Balaban J connectivity index is 3.04. The van der Waals surface area contributed by atoms with E-state index in [0.29, 0.717) is 6.07 Å². The minimum Gasteiger partial charge on any atom is -0.216 e. The first-order valence-corrected chi connectivity index (χ1v) is 18.4. The Morgan fingerprint density at radius 1 is 0.595 bits per heavy atom. The maximum Gasteiger partial charge on any atom is 0.309 e. The van der Waals surface area contributed by atoms with Crippen molar-refractivity contribution >= 4 is 20.4 Å².